The Balaban J connectivity index is 2.69. The highest BCUT2D eigenvalue weighted by Gasteiger charge is 2.26. The SMILES string of the molecule is CCCC(NS(=O)(=O)c1ccc(CCNC(=O)C(C)(C)C)s1)C(=O)O. The van der Waals surface area contributed by atoms with Gasteiger partial charge >= 0.3 is 5.97 Å². The van der Waals surface area contributed by atoms with Gasteiger partial charge in [-0.1, -0.05) is 34.1 Å². The van der Waals surface area contributed by atoms with Gasteiger partial charge in [-0.05, 0) is 25.0 Å². The van der Waals surface area contributed by atoms with E-state index >= 15 is 0 Å². The van der Waals surface area contributed by atoms with Gasteiger partial charge in [-0.2, -0.15) is 4.72 Å². The third-order valence-electron chi connectivity index (χ3n) is 3.41. The average molecular weight is 391 g/mol. The van der Waals surface area contributed by atoms with Crippen LogP contribution in [0.5, 0.6) is 0 Å². The second-order valence-corrected chi connectivity index (χ2v) is 9.89. The van der Waals surface area contributed by atoms with Crippen molar-refractivity contribution in [3.8, 4) is 0 Å². The van der Waals surface area contributed by atoms with Crippen molar-refractivity contribution in [1.29, 1.82) is 0 Å². The molecular weight excluding hydrogens is 364 g/mol. The minimum Gasteiger partial charge on any atom is -0.480 e. The van der Waals surface area contributed by atoms with E-state index in [-0.39, 0.29) is 16.5 Å². The van der Waals surface area contributed by atoms with Gasteiger partial charge in [0, 0.05) is 16.8 Å². The molecule has 1 aromatic rings. The molecule has 0 saturated heterocycles. The number of aliphatic carboxylic acids is 1. The maximum absolute atomic E-state index is 12.3. The van der Waals surface area contributed by atoms with E-state index in [2.05, 4.69) is 10.0 Å². The van der Waals surface area contributed by atoms with Crippen LogP contribution in [0.2, 0.25) is 0 Å². The normalized spacial score (nSPS) is 13.4. The molecule has 0 aliphatic heterocycles. The molecule has 0 bridgehead atoms. The van der Waals surface area contributed by atoms with Crippen LogP contribution >= 0.6 is 11.3 Å². The van der Waals surface area contributed by atoms with Crippen molar-refractivity contribution < 1.29 is 23.1 Å². The summed E-state index contributed by atoms with van der Waals surface area (Å²) in [5.41, 5.74) is -0.473. The Morgan fingerprint density at radius 3 is 2.44 bits per heavy atom. The van der Waals surface area contributed by atoms with E-state index in [0.29, 0.717) is 19.4 Å². The summed E-state index contributed by atoms with van der Waals surface area (Å²) in [4.78, 5) is 23.7. The first-order valence-electron chi connectivity index (χ1n) is 8.09. The number of carbonyl (C=O) groups excluding carboxylic acids is 1. The first-order valence-corrected chi connectivity index (χ1v) is 10.4. The lowest BCUT2D eigenvalue weighted by Gasteiger charge is -2.17. The molecule has 0 aromatic carbocycles. The van der Waals surface area contributed by atoms with Gasteiger partial charge in [0.05, 0.1) is 0 Å². The summed E-state index contributed by atoms with van der Waals surface area (Å²) >= 11 is 1.08. The van der Waals surface area contributed by atoms with E-state index in [9.17, 15) is 18.0 Å². The molecule has 9 heteroatoms. The van der Waals surface area contributed by atoms with E-state index in [1.165, 1.54) is 6.07 Å². The van der Waals surface area contributed by atoms with Crippen LogP contribution in [-0.2, 0) is 26.0 Å². The highest BCUT2D eigenvalue weighted by Crippen LogP contribution is 2.22. The predicted molar refractivity (Wildman–Crippen MR) is 97.1 cm³/mol. The predicted octanol–water partition coefficient (Wildman–Crippen LogP) is 1.98. The van der Waals surface area contributed by atoms with Crippen molar-refractivity contribution in [2.75, 3.05) is 6.54 Å². The van der Waals surface area contributed by atoms with Crippen LogP contribution in [0.3, 0.4) is 0 Å². The third kappa shape index (κ3) is 6.75. The quantitative estimate of drug-likeness (QED) is 0.597. The summed E-state index contributed by atoms with van der Waals surface area (Å²) in [6.45, 7) is 7.66. The summed E-state index contributed by atoms with van der Waals surface area (Å²) in [5.74, 6) is -1.26. The molecule has 1 atom stereocenters. The summed E-state index contributed by atoms with van der Waals surface area (Å²) in [5, 5.41) is 11.9. The van der Waals surface area contributed by atoms with Gasteiger partial charge in [-0.25, -0.2) is 8.42 Å². The Bertz CT molecular complexity index is 704. The van der Waals surface area contributed by atoms with E-state index in [0.717, 1.165) is 16.2 Å². The number of carboxylic acids is 1. The van der Waals surface area contributed by atoms with Crippen molar-refractivity contribution >= 4 is 33.2 Å². The second-order valence-electron chi connectivity index (χ2n) is 6.78. The zero-order valence-electron chi connectivity index (χ0n) is 15.0. The van der Waals surface area contributed by atoms with Gasteiger partial charge in [0.1, 0.15) is 10.3 Å². The van der Waals surface area contributed by atoms with Crippen LogP contribution in [0, 0.1) is 5.41 Å². The number of hydrogen-bond acceptors (Lipinski definition) is 5. The Morgan fingerprint density at radius 1 is 1.28 bits per heavy atom. The van der Waals surface area contributed by atoms with Gasteiger partial charge < -0.3 is 10.4 Å². The summed E-state index contributed by atoms with van der Waals surface area (Å²) in [6.07, 6.45) is 1.30. The van der Waals surface area contributed by atoms with Gasteiger partial charge in [-0.3, -0.25) is 9.59 Å². The molecule has 0 fully saturated rings. The molecular formula is C16H26N2O5S2. The molecule has 0 radical (unpaired) electrons. The van der Waals surface area contributed by atoms with Gasteiger partial charge in [-0.15, -0.1) is 11.3 Å². The fraction of sp³-hybridized carbons (Fsp3) is 0.625. The number of hydrogen-bond donors (Lipinski definition) is 3. The molecule has 142 valence electrons. The molecule has 0 spiro atoms. The van der Waals surface area contributed by atoms with Crippen LogP contribution in [0.1, 0.15) is 45.4 Å². The fourth-order valence-electron chi connectivity index (χ4n) is 1.97. The molecule has 7 nitrogen and oxygen atoms in total. The van der Waals surface area contributed by atoms with Gasteiger partial charge in [0.25, 0.3) is 10.0 Å². The zero-order chi connectivity index (χ0) is 19.3. The Kier molecular flexibility index (Phi) is 7.58. The highest BCUT2D eigenvalue weighted by atomic mass is 32.2. The first kappa shape index (κ1) is 21.6. The molecule has 1 unspecified atom stereocenters. The number of carboxylic acid groups (broad SMARTS) is 1. The van der Waals surface area contributed by atoms with E-state index in [4.69, 9.17) is 5.11 Å². The summed E-state index contributed by atoms with van der Waals surface area (Å²) in [7, 11) is -3.87. The molecule has 1 rings (SSSR count). The number of carbonyl (C=O) groups is 2. The smallest absolute Gasteiger partial charge is 0.321 e. The minimum absolute atomic E-state index is 0.0672. The standard InChI is InChI=1S/C16H26N2O5S2/c1-5-6-12(14(19)20)18-25(22,23)13-8-7-11(24-13)9-10-17-15(21)16(2,3)4/h7-8,12,18H,5-6,9-10H2,1-4H3,(H,17,21)(H,19,20). The van der Waals surface area contributed by atoms with Crippen molar-refractivity contribution in [2.24, 2.45) is 5.41 Å². The average Bonchev–Trinajstić information content (AvgIpc) is 2.95. The van der Waals surface area contributed by atoms with Gasteiger partial charge in [0.2, 0.25) is 5.91 Å². The van der Waals surface area contributed by atoms with Crippen molar-refractivity contribution in [3.63, 3.8) is 0 Å². The maximum Gasteiger partial charge on any atom is 0.321 e. The zero-order valence-corrected chi connectivity index (χ0v) is 16.6. The first-order chi connectivity index (χ1) is 11.5. The molecule has 1 aromatic heterocycles. The second kappa shape index (κ2) is 8.77. The third-order valence-corrected chi connectivity index (χ3v) is 6.52. The van der Waals surface area contributed by atoms with Crippen LogP contribution in [-0.4, -0.2) is 38.0 Å². The van der Waals surface area contributed by atoms with Crippen LogP contribution < -0.4 is 10.0 Å². The lowest BCUT2D eigenvalue weighted by atomic mass is 9.96. The van der Waals surface area contributed by atoms with E-state index in [1.807, 2.05) is 20.8 Å². The molecule has 25 heavy (non-hydrogen) atoms. The number of rotatable bonds is 9. The Morgan fingerprint density at radius 2 is 1.92 bits per heavy atom. The van der Waals surface area contributed by atoms with E-state index < -0.39 is 27.4 Å². The monoisotopic (exact) mass is 390 g/mol. The lowest BCUT2D eigenvalue weighted by Crippen LogP contribution is -2.40. The highest BCUT2D eigenvalue weighted by molar-refractivity contribution is 7.91. The lowest BCUT2D eigenvalue weighted by molar-refractivity contribution is -0.139. The van der Waals surface area contributed by atoms with Crippen LogP contribution in [0.25, 0.3) is 0 Å². The van der Waals surface area contributed by atoms with Crippen molar-refractivity contribution in [3.05, 3.63) is 17.0 Å². The molecule has 0 aliphatic carbocycles. The molecule has 1 amide bonds. The Labute approximate surface area is 152 Å². The summed E-state index contributed by atoms with van der Waals surface area (Å²) in [6, 6.07) is 2.00. The van der Waals surface area contributed by atoms with Crippen molar-refractivity contribution in [2.45, 2.75) is 57.2 Å². The maximum atomic E-state index is 12.3. The largest absolute Gasteiger partial charge is 0.480 e. The van der Waals surface area contributed by atoms with Crippen LogP contribution in [0.4, 0.5) is 0 Å². The van der Waals surface area contributed by atoms with Gasteiger partial charge in [0.15, 0.2) is 0 Å². The van der Waals surface area contributed by atoms with Crippen molar-refractivity contribution in [1.82, 2.24) is 10.0 Å². The summed E-state index contributed by atoms with van der Waals surface area (Å²) < 4.78 is 26.9. The number of nitrogens with one attached hydrogen (secondary N) is 2. The molecule has 0 saturated carbocycles. The number of amides is 1. The number of sulfonamides is 1. The number of thiophene rings is 1. The molecule has 0 aliphatic rings. The topological polar surface area (TPSA) is 113 Å². The van der Waals surface area contributed by atoms with E-state index in [1.54, 1.807) is 13.0 Å². The Hall–Kier alpha value is -1.45. The minimum atomic E-state index is -3.87. The van der Waals surface area contributed by atoms with Crippen LogP contribution in [0.15, 0.2) is 16.3 Å². The molecule has 3 N–H and O–H groups in total. The fourth-order valence-corrected chi connectivity index (χ4v) is 4.56. The molecule has 1 heterocycles.